The Morgan fingerprint density at radius 2 is 2.22 bits per heavy atom. The van der Waals surface area contributed by atoms with E-state index < -0.39 is 30.5 Å². The summed E-state index contributed by atoms with van der Waals surface area (Å²) in [6, 6.07) is -0.118. The van der Waals surface area contributed by atoms with Gasteiger partial charge in [0.1, 0.15) is 11.2 Å². The van der Waals surface area contributed by atoms with Gasteiger partial charge >= 0.3 is 12.3 Å². The minimum atomic E-state index is -4.55. The molecule has 1 aliphatic heterocycles. The van der Waals surface area contributed by atoms with Crippen LogP contribution in [-0.2, 0) is 4.74 Å². The number of alkyl halides is 3. The van der Waals surface area contributed by atoms with E-state index in [4.69, 9.17) is 21.4 Å². The Labute approximate surface area is 135 Å². The second-order valence-corrected chi connectivity index (χ2v) is 5.53. The zero-order chi connectivity index (χ0) is 17.2. The molecule has 0 aromatic carbocycles. The maximum atomic E-state index is 13.5. The van der Waals surface area contributed by atoms with Crippen molar-refractivity contribution in [2.75, 3.05) is 20.2 Å². The SMILES string of the molecule is CO[C@@H]1CN([C@H](c2ccc(Cl)nc2)C(F)(F)F)C[C@H]1NC(=O)O. The number of pyridine rings is 1. The maximum Gasteiger partial charge on any atom is 0.408 e. The van der Waals surface area contributed by atoms with Crippen LogP contribution in [-0.4, -0.2) is 59.6 Å². The molecule has 0 saturated carbocycles. The first-order valence-corrected chi connectivity index (χ1v) is 7.04. The van der Waals surface area contributed by atoms with Crippen molar-refractivity contribution < 1.29 is 27.8 Å². The fourth-order valence-electron chi connectivity index (χ4n) is 2.71. The molecule has 23 heavy (non-hydrogen) atoms. The van der Waals surface area contributed by atoms with E-state index in [1.807, 2.05) is 0 Å². The molecule has 2 rings (SSSR count). The third-order valence-corrected chi connectivity index (χ3v) is 3.87. The highest BCUT2D eigenvalue weighted by atomic mass is 35.5. The summed E-state index contributed by atoms with van der Waals surface area (Å²) < 4.78 is 45.6. The van der Waals surface area contributed by atoms with Crippen LogP contribution in [0.4, 0.5) is 18.0 Å². The first kappa shape index (κ1) is 17.8. The van der Waals surface area contributed by atoms with Crippen LogP contribution in [0.2, 0.25) is 5.15 Å². The lowest BCUT2D eigenvalue weighted by Crippen LogP contribution is -2.43. The first-order valence-electron chi connectivity index (χ1n) is 6.67. The molecule has 6 nitrogen and oxygen atoms in total. The smallest absolute Gasteiger partial charge is 0.408 e. The lowest BCUT2D eigenvalue weighted by atomic mass is 10.1. The van der Waals surface area contributed by atoms with E-state index in [9.17, 15) is 18.0 Å². The molecule has 0 unspecified atom stereocenters. The second kappa shape index (κ2) is 6.90. The zero-order valence-electron chi connectivity index (χ0n) is 12.0. The van der Waals surface area contributed by atoms with E-state index in [0.717, 1.165) is 11.1 Å². The molecule has 1 fully saturated rings. The first-order chi connectivity index (χ1) is 10.7. The number of methoxy groups -OCH3 is 1. The molecule has 1 aliphatic rings. The van der Waals surface area contributed by atoms with E-state index in [1.165, 1.54) is 19.2 Å². The van der Waals surface area contributed by atoms with Gasteiger partial charge in [0.2, 0.25) is 0 Å². The predicted molar refractivity (Wildman–Crippen MR) is 75.4 cm³/mol. The molecule has 1 aromatic heterocycles. The van der Waals surface area contributed by atoms with Crippen LogP contribution in [0.1, 0.15) is 11.6 Å². The number of nitrogens with one attached hydrogen (secondary N) is 1. The van der Waals surface area contributed by atoms with Crippen molar-refractivity contribution in [1.82, 2.24) is 15.2 Å². The van der Waals surface area contributed by atoms with E-state index in [2.05, 4.69) is 10.3 Å². The highest BCUT2D eigenvalue weighted by molar-refractivity contribution is 6.29. The summed E-state index contributed by atoms with van der Waals surface area (Å²) in [5.41, 5.74) is -0.0623. The average molecular weight is 354 g/mol. The van der Waals surface area contributed by atoms with Gasteiger partial charge in [0.25, 0.3) is 0 Å². The highest BCUT2D eigenvalue weighted by Gasteiger charge is 2.49. The van der Waals surface area contributed by atoms with Crippen LogP contribution in [0.25, 0.3) is 0 Å². The molecule has 10 heteroatoms. The lowest BCUT2D eigenvalue weighted by Gasteiger charge is -2.29. The Morgan fingerprint density at radius 1 is 1.52 bits per heavy atom. The Kier molecular flexibility index (Phi) is 5.33. The third kappa shape index (κ3) is 4.24. The van der Waals surface area contributed by atoms with Gasteiger partial charge in [-0.25, -0.2) is 9.78 Å². The monoisotopic (exact) mass is 353 g/mol. The minimum Gasteiger partial charge on any atom is -0.465 e. The fourth-order valence-corrected chi connectivity index (χ4v) is 2.82. The Morgan fingerprint density at radius 3 is 2.70 bits per heavy atom. The molecule has 0 bridgehead atoms. The molecule has 1 aromatic rings. The summed E-state index contributed by atoms with van der Waals surface area (Å²) in [5.74, 6) is 0. The van der Waals surface area contributed by atoms with Crippen molar-refractivity contribution in [1.29, 1.82) is 0 Å². The molecular weight excluding hydrogens is 339 g/mol. The maximum absolute atomic E-state index is 13.5. The molecular formula is C13H15ClF3N3O3. The number of aromatic nitrogens is 1. The molecule has 2 N–H and O–H groups in total. The van der Waals surface area contributed by atoms with Gasteiger partial charge in [-0.3, -0.25) is 4.90 Å². The fraction of sp³-hybridized carbons (Fsp3) is 0.538. The molecule has 0 radical (unpaired) electrons. The van der Waals surface area contributed by atoms with Crippen molar-refractivity contribution in [3.63, 3.8) is 0 Å². The molecule has 3 atom stereocenters. The van der Waals surface area contributed by atoms with Gasteiger partial charge in [-0.2, -0.15) is 13.2 Å². The average Bonchev–Trinajstić information content (AvgIpc) is 2.81. The topological polar surface area (TPSA) is 74.7 Å². The second-order valence-electron chi connectivity index (χ2n) is 5.14. The van der Waals surface area contributed by atoms with Crippen molar-refractivity contribution in [3.8, 4) is 0 Å². The van der Waals surface area contributed by atoms with Crippen LogP contribution in [0.15, 0.2) is 18.3 Å². The molecule has 2 heterocycles. The summed E-state index contributed by atoms with van der Waals surface area (Å²) in [5, 5.41) is 11.1. The summed E-state index contributed by atoms with van der Waals surface area (Å²) in [6.07, 6.45) is -5.46. The summed E-state index contributed by atoms with van der Waals surface area (Å²) >= 11 is 5.62. The number of ether oxygens (including phenoxy) is 1. The van der Waals surface area contributed by atoms with Gasteiger partial charge in [-0.15, -0.1) is 0 Å². The number of nitrogens with zero attached hydrogens (tertiary/aromatic N) is 2. The lowest BCUT2D eigenvalue weighted by molar-refractivity contribution is -0.184. The number of likely N-dealkylation sites (tertiary alicyclic amines) is 1. The van der Waals surface area contributed by atoms with Crippen LogP contribution >= 0.6 is 11.6 Å². The minimum absolute atomic E-state index is 0.0613. The van der Waals surface area contributed by atoms with Crippen molar-refractivity contribution >= 4 is 17.7 Å². The number of rotatable bonds is 4. The quantitative estimate of drug-likeness (QED) is 0.812. The Bertz CT molecular complexity index is 556. The van der Waals surface area contributed by atoms with Crippen molar-refractivity contribution in [2.24, 2.45) is 0 Å². The van der Waals surface area contributed by atoms with Gasteiger partial charge in [0.15, 0.2) is 0 Å². The normalized spacial score (nSPS) is 23.7. The summed E-state index contributed by atoms with van der Waals surface area (Å²) in [6.45, 7) is -0.189. The Hall–Kier alpha value is -1.58. The molecule has 128 valence electrons. The molecule has 0 spiro atoms. The van der Waals surface area contributed by atoms with Gasteiger partial charge in [-0.05, 0) is 11.6 Å². The standard InChI is InChI=1S/C13H15ClF3N3O3/c1-23-9-6-20(5-8(9)19-12(21)22)11(13(15,16)17)7-2-3-10(14)18-4-7/h2-4,8-9,11,19H,5-6H2,1H3,(H,21,22)/t8-,9-,11-/m1/s1. The zero-order valence-corrected chi connectivity index (χ0v) is 12.8. The number of carboxylic acid groups (broad SMARTS) is 1. The third-order valence-electron chi connectivity index (χ3n) is 3.65. The number of amides is 1. The molecule has 1 saturated heterocycles. The van der Waals surface area contributed by atoms with E-state index in [-0.39, 0.29) is 23.8 Å². The van der Waals surface area contributed by atoms with Crippen LogP contribution in [0.3, 0.4) is 0 Å². The van der Waals surface area contributed by atoms with E-state index in [0.29, 0.717) is 0 Å². The summed E-state index contributed by atoms with van der Waals surface area (Å²) in [4.78, 5) is 15.6. The predicted octanol–water partition coefficient (Wildman–Crippen LogP) is 2.31. The number of hydrogen-bond acceptors (Lipinski definition) is 4. The van der Waals surface area contributed by atoms with Crippen molar-refractivity contribution in [2.45, 2.75) is 24.4 Å². The largest absolute Gasteiger partial charge is 0.465 e. The molecule has 1 amide bonds. The number of halogens is 4. The molecule has 0 aliphatic carbocycles. The van der Waals surface area contributed by atoms with Crippen LogP contribution in [0.5, 0.6) is 0 Å². The van der Waals surface area contributed by atoms with Crippen LogP contribution < -0.4 is 5.32 Å². The number of carbonyl (C=O) groups is 1. The van der Waals surface area contributed by atoms with Crippen molar-refractivity contribution in [3.05, 3.63) is 29.0 Å². The van der Waals surface area contributed by atoms with E-state index >= 15 is 0 Å². The summed E-state index contributed by atoms with van der Waals surface area (Å²) in [7, 11) is 1.33. The van der Waals surface area contributed by atoms with Gasteiger partial charge in [0.05, 0.1) is 12.1 Å². The van der Waals surface area contributed by atoms with Gasteiger partial charge < -0.3 is 15.2 Å². The highest BCUT2D eigenvalue weighted by Crippen LogP contribution is 2.39. The Balaban J connectivity index is 2.27. The van der Waals surface area contributed by atoms with Gasteiger partial charge in [0, 0.05) is 26.4 Å². The van der Waals surface area contributed by atoms with E-state index in [1.54, 1.807) is 0 Å². The van der Waals surface area contributed by atoms with Crippen LogP contribution in [0, 0.1) is 0 Å². The number of hydrogen-bond donors (Lipinski definition) is 2. The van der Waals surface area contributed by atoms with Gasteiger partial charge in [-0.1, -0.05) is 17.7 Å².